The highest BCUT2D eigenvalue weighted by molar-refractivity contribution is 7.92. The Morgan fingerprint density at radius 2 is 1.60 bits per heavy atom. The van der Waals surface area contributed by atoms with Gasteiger partial charge in [0.1, 0.15) is 0 Å². The zero-order valence-electron chi connectivity index (χ0n) is 9.25. The topological polar surface area (TPSA) is 46.2 Å². The van der Waals surface area contributed by atoms with E-state index in [4.69, 9.17) is 0 Å². The molecule has 1 spiro atoms. The van der Waals surface area contributed by atoms with Crippen molar-refractivity contribution in [3.8, 4) is 0 Å². The van der Waals surface area contributed by atoms with Crippen LogP contribution in [0, 0.1) is 5.41 Å². The van der Waals surface area contributed by atoms with Gasteiger partial charge in [-0.3, -0.25) is 0 Å². The minimum atomic E-state index is -3.28. The molecule has 2 aliphatic rings. The molecule has 0 radical (unpaired) electrons. The fourth-order valence-electron chi connectivity index (χ4n) is 2.50. The van der Waals surface area contributed by atoms with Gasteiger partial charge in [0.25, 0.3) is 0 Å². The Morgan fingerprint density at radius 3 is 2.00 bits per heavy atom. The molecule has 0 bridgehead atoms. The molecule has 0 saturated heterocycles. The molecule has 3 nitrogen and oxygen atoms in total. The lowest BCUT2D eigenvalue weighted by Crippen LogP contribution is -2.47. The van der Waals surface area contributed by atoms with Crippen molar-refractivity contribution >= 4 is 10.0 Å². The molecule has 0 aliphatic heterocycles. The van der Waals surface area contributed by atoms with E-state index in [1.54, 1.807) is 0 Å². The Balaban J connectivity index is 2.00. The van der Waals surface area contributed by atoms with Crippen molar-refractivity contribution in [1.29, 1.82) is 0 Å². The monoisotopic (exact) mass is 229 g/mol. The van der Waals surface area contributed by atoms with Crippen LogP contribution in [-0.2, 0) is 10.0 Å². The normalized spacial score (nSPS) is 27.5. The van der Waals surface area contributed by atoms with Gasteiger partial charge >= 0.3 is 0 Å². The Kier molecular flexibility index (Phi) is 2.47. The Hall–Kier alpha value is -0.350. The van der Waals surface area contributed by atoms with Gasteiger partial charge in [-0.1, -0.05) is 6.58 Å². The largest absolute Gasteiger partial charge is 0.233 e. The molecule has 86 valence electrons. The van der Waals surface area contributed by atoms with E-state index in [1.165, 1.54) is 25.7 Å². The van der Waals surface area contributed by atoms with Gasteiger partial charge in [-0.25, -0.2) is 13.1 Å². The van der Waals surface area contributed by atoms with Crippen molar-refractivity contribution in [1.82, 2.24) is 4.72 Å². The molecule has 2 fully saturated rings. The minimum Gasteiger partial charge on any atom is -0.208 e. The van der Waals surface area contributed by atoms with Crippen LogP contribution >= 0.6 is 0 Å². The van der Waals surface area contributed by atoms with Gasteiger partial charge in [-0.2, -0.15) is 0 Å². The highest BCUT2D eigenvalue weighted by Gasteiger charge is 2.48. The van der Waals surface area contributed by atoms with Crippen molar-refractivity contribution in [3.63, 3.8) is 0 Å². The van der Waals surface area contributed by atoms with Gasteiger partial charge in [0.15, 0.2) is 0 Å². The third-order valence-corrected chi connectivity index (χ3v) is 5.20. The minimum absolute atomic E-state index is 0.249. The number of hydrogen-bond donors (Lipinski definition) is 1. The summed E-state index contributed by atoms with van der Waals surface area (Å²) in [7, 11) is -3.28. The first-order chi connectivity index (χ1) is 6.89. The molecule has 0 aromatic rings. The smallest absolute Gasteiger partial charge is 0.208 e. The van der Waals surface area contributed by atoms with Gasteiger partial charge in [-0.05, 0) is 50.9 Å². The second kappa shape index (κ2) is 3.32. The quantitative estimate of drug-likeness (QED) is 0.806. The van der Waals surface area contributed by atoms with Crippen molar-refractivity contribution in [2.24, 2.45) is 5.41 Å². The number of rotatable bonds is 3. The summed E-state index contributed by atoms with van der Waals surface area (Å²) < 4.78 is 25.6. The molecular formula is C11H19NO2S. The summed E-state index contributed by atoms with van der Waals surface area (Å²) in [6.07, 6.45) is 6.95. The maximum absolute atomic E-state index is 11.4. The van der Waals surface area contributed by atoms with Crippen LogP contribution < -0.4 is 4.72 Å². The number of hydrogen-bond acceptors (Lipinski definition) is 2. The van der Waals surface area contributed by atoms with E-state index in [0.717, 1.165) is 18.2 Å². The first kappa shape index (κ1) is 11.1. The standard InChI is InChI=1S/C11H19NO2S/c1-3-15(13,14)12-10(2)4-6-11(7-5-10)8-9-11/h3,12H,1,4-9H2,2H3. The van der Waals surface area contributed by atoms with Crippen molar-refractivity contribution in [2.45, 2.75) is 51.0 Å². The van der Waals surface area contributed by atoms with Crippen molar-refractivity contribution < 1.29 is 8.42 Å². The predicted octanol–water partition coefficient (Wildman–Crippen LogP) is 2.16. The zero-order chi connectivity index (χ0) is 11.2. The van der Waals surface area contributed by atoms with Crippen LogP contribution in [0.25, 0.3) is 0 Å². The van der Waals surface area contributed by atoms with Crippen LogP contribution in [0.5, 0.6) is 0 Å². The molecular weight excluding hydrogens is 210 g/mol. The summed E-state index contributed by atoms with van der Waals surface area (Å²) in [4.78, 5) is 0. The summed E-state index contributed by atoms with van der Waals surface area (Å²) in [5.41, 5.74) is 0.347. The van der Waals surface area contributed by atoms with E-state index < -0.39 is 10.0 Å². The van der Waals surface area contributed by atoms with E-state index in [2.05, 4.69) is 11.3 Å². The van der Waals surface area contributed by atoms with Crippen molar-refractivity contribution in [3.05, 3.63) is 12.0 Å². The maximum Gasteiger partial charge on any atom is 0.233 e. The SMILES string of the molecule is C=CS(=O)(=O)NC1(C)CCC2(CC2)CC1. The summed E-state index contributed by atoms with van der Waals surface area (Å²) in [5.74, 6) is 0. The van der Waals surface area contributed by atoms with Crippen LogP contribution in [0.1, 0.15) is 45.4 Å². The lowest BCUT2D eigenvalue weighted by Gasteiger charge is -2.37. The zero-order valence-corrected chi connectivity index (χ0v) is 10.1. The summed E-state index contributed by atoms with van der Waals surface area (Å²) in [6.45, 7) is 5.32. The average molecular weight is 229 g/mol. The second-order valence-corrected chi connectivity index (χ2v) is 7.00. The third kappa shape index (κ3) is 2.42. The molecule has 0 heterocycles. The van der Waals surface area contributed by atoms with Crippen LogP contribution in [0.4, 0.5) is 0 Å². The van der Waals surface area contributed by atoms with E-state index in [1.807, 2.05) is 6.92 Å². The Bertz CT molecular complexity index is 358. The van der Waals surface area contributed by atoms with Gasteiger partial charge in [0.2, 0.25) is 10.0 Å². The number of nitrogens with one attached hydrogen (secondary N) is 1. The first-order valence-electron chi connectivity index (χ1n) is 5.55. The lowest BCUT2D eigenvalue weighted by molar-refractivity contribution is 0.218. The van der Waals surface area contributed by atoms with Gasteiger partial charge in [-0.15, -0.1) is 0 Å². The molecule has 2 saturated carbocycles. The van der Waals surface area contributed by atoms with Crippen molar-refractivity contribution in [2.75, 3.05) is 0 Å². The fourth-order valence-corrected chi connectivity index (χ4v) is 3.47. The molecule has 2 aliphatic carbocycles. The molecule has 4 heteroatoms. The average Bonchev–Trinajstić information content (AvgIpc) is 2.92. The Morgan fingerprint density at radius 1 is 1.13 bits per heavy atom. The predicted molar refractivity (Wildman–Crippen MR) is 60.8 cm³/mol. The van der Waals surface area contributed by atoms with E-state index in [-0.39, 0.29) is 5.54 Å². The number of sulfonamides is 1. The molecule has 2 rings (SSSR count). The highest BCUT2D eigenvalue weighted by Crippen LogP contribution is 2.57. The first-order valence-corrected chi connectivity index (χ1v) is 7.10. The molecule has 1 N–H and O–H groups in total. The van der Waals surface area contributed by atoms with Crippen LogP contribution in [0.3, 0.4) is 0 Å². The third-order valence-electron chi connectivity index (χ3n) is 3.98. The molecule has 0 amide bonds. The van der Waals surface area contributed by atoms with Gasteiger partial charge < -0.3 is 0 Å². The van der Waals surface area contributed by atoms with E-state index in [0.29, 0.717) is 5.41 Å². The highest BCUT2D eigenvalue weighted by atomic mass is 32.2. The molecule has 0 unspecified atom stereocenters. The molecule has 15 heavy (non-hydrogen) atoms. The van der Waals surface area contributed by atoms with E-state index >= 15 is 0 Å². The summed E-state index contributed by atoms with van der Waals surface area (Å²) in [5, 5.41) is 1.000. The maximum atomic E-state index is 11.4. The van der Waals surface area contributed by atoms with Gasteiger partial charge in [0, 0.05) is 10.9 Å². The molecule has 0 aromatic heterocycles. The Labute approximate surface area is 92.0 Å². The molecule has 0 atom stereocenters. The van der Waals surface area contributed by atoms with E-state index in [9.17, 15) is 8.42 Å². The summed E-state index contributed by atoms with van der Waals surface area (Å²) in [6, 6.07) is 0. The van der Waals surface area contributed by atoms with Gasteiger partial charge in [0.05, 0.1) is 0 Å². The van der Waals surface area contributed by atoms with Crippen LogP contribution in [-0.4, -0.2) is 14.0 Å². The van der Waals surface area contributed by atoms with Crippen LogP contribution in [0.15, 0.2) is 12.0 Å². The van der Waals surface area contributed by atoms with Crippen LogP contribution in [0.2, 0.25) is 0 Å². The fraction of sp³-hybridized carbons (Fsp3) is 0.818. The second-order valence-electron chi connectivity index (χ2n) is 5.37. The molecule has 0 aromatic carbocycles. The lowest BCUT2D eigenvalue weighted by atomic mass is 9.76. The summed E-state index contributed by atoms with van der Waals surface area (Å²) >= 11 is 0.